The number of halogens is 1. The molecule has 0 aliphatic rings. The molecule has 0 bridgehead atoms. The largest absolute Gasteiger partial charge is 0.386 e. The lowest BCUT2D eigenvalue weighted by Crippen LogP contribution is -2.28. The number of aliphatic hydroxyl groups is 1. The van der Waals surface area contributed by atoms with E-state index in [4.69, 9.17) is 16.3 Å². The topological polar surface area (TPSA) is 58.6 Å². The lowest BCUT2D eigenvalue weighted by Gasteiger charge is -2.09. The predicted molar refractivity (Wildman–Crippen MR) is 63.8 cm³/mol. The number of ether oxygens (including phenoxy) is 1. The zero-order valence-corrected chi connectivity index (χ0v) is 10.5. The molecule has 1 heterocycles. The predicted octanol–water partition coefficient (Wildman–Crippen LogP) is 1.59. The summed E-state index contributed by atoms with van der Waals surface area (Å²) in [5, 5.41) is 12.3. The van der Waals surface area contributed by atoms with Crippen LogP contribution in [0.15, 0.2) is 12.1 Å². The van der Waals surface area contributed by atoms with Crippen LogP contribution in [-0.4, -0.2) is 31.3 Å². The van der Waals surface area contributed by atoms with Gasteiger partial charge in [0.25, 0.3) is 0 Å². The molecule has 2 N–H and O–H groups in total. The first-order valence-corrected chi connectivity index (χ1v) is 6.02. The van der Waals surface area contributed by atoms with E-state index in [0.29, 0.717) is 17.4 Å². The van der Waals surface area contributed by atoms with Crippen LogP contribution in [0.3, 0.4) is 0 Å². The van der Waals surface area contributed by atoms with Gasteiger partial charge in [0.15, 0.2) is 0 Å². The van der Waals surface area contributed by atoms with E-state index in [9.17, 15) is 9.90 Å². The zero-order valence-electron chi connectivity index (χ0n) is 8.90. The Kier molecular flexibility index (Phi) is 5.76. The van der Waals surface area contributed by atoms with Gasteiger partial charge in [0.05, 0.1) is 10.9 Å². The molecule has 0 unspecified atom stereocenters. The first-order chi connectivity index (χ1) is 7.63. The molecule has 16 heavy (non-hydrogen) atoms. The van der Waals surface area contributed by atoms with Crippen molar-refractivity contribution >= 4 is 28.8 Å². The molecule has 0 aliphatic carbocycles. The summed E-state index contributed by atoms with van der Waals surface area (Å²) in [5.74, 6) is -0.136. The maximum Gasteiger partial charge on any atom is 0.222 e. The minimum atomic E-state index is -0.705. The van der Waals surface area contributed by atoms with E-state index in [1.807, 2.05) is 0 Å². The zero-order chi connectivity index (χ0) is 12.0. The molecule has 4 nitrogen and oxygen atoms in total. The van der Waals surface area contributed by atoms with Crippen LogP contribution in [0.2, 0.25) is 4.34 Å². The molecule has 1 atom stereocenters. The Morgan fingerprint density at radius 1 is 1.69 bits per heavy atom. The Labute approximate surface area is 103 Å². The lowest BCUT2D eigenvalue weighted by molar-refractivity contribution is -0.122. The first-order valence-electron chi connectivity index (χ1n) is 4.82. The van der Waals surface area contributed by atoms with Gasteiger partial charge in [-0.15, -0.1) is 11.3 Å². The second-order valence-electron chi connectivity index (χ2n) is 3.20. The highest BCUT2D eigenvalue weighted by Gasteiger charge is 2.11. The number of carbonyl (C=O) groups excluding carboxylic acids is 1. The average molecular weight is 264 g/mol. The van der Waals surface area contributed by atoms with E-state index in [2.05, 4.69) is 5.32 Å². The molecule has 0 aromatic carbocycles. The average Bonchev–Trinajstić information content (AvgIpc) is 2.69. The molecular weight excluding hydrogens is 250 g/mol. The van der Waals surface area contributed by atoms with Crippen LogP contribution >= 0.6 is 22.9 Å². The fourth-order valence-corrected chi connectivity index (χ4v) is 2.15. The van der Waals surface area contributed by atoms with Crippen molar-refractivity contribution in [1.29, 1.82) is 0 Å². The van der Waals surface area contributed by atoms with Crippen molar-refractivity contribution in [3.05, 3.63) is 21.3 Å². The minimum Gasteiger partial charge on any atom is -0.386 e. The van der Waals surface area contributed by atoms with E-state index in [-0.39, 0.29) is 12.5 Å². The first kappa shape index (κ1) is 13.4. The van der Waals surface area contributed by atoms with Crippen molar-refractivity contribution in [3.63, 3.8) is 0 Å². The van der Waals surface area contributed by atoms with Gasteiger partial charge in [-0.1, -0.05) is 11.6 Å². The van der Waals surface area contributed by atoms with Crippen molar-refractivity contribution in [3.8, 4) is 0 Å². The smallest absolute Gasteiger partial charge is 0.222 e. The fraction of sp³-hybridized carbons (Fsp3) is 0.500. The van der Waals surface area contributed by atoms with E-state index >= 15 is 0 Å². The summed E-state index contributed by atoms with van der Waals surface area (Å²) in [7, 11) is 1.54. The third kappa shape index (κ3) is 4.49. The van der Waals surface area contributed by atoms with Crippen LogP contribution in [0.25, 0.3) is 0 Å². The van der Waals surface area contributed by atoms with Crippen LogP contribution < -0.4 is 5.32 Å². The molecular formula is C10H14ClNO3S. The highest BCUT2D eigenvalue weighted by molar-refractivity contribution is 7.16. The highest BCUT2D eigenvalue weighted by atomic mass is 35.5. The number of aliphatic hydroxyl groups excluding tert-OH is 1. The van der Waals surface area contributed by atoms with Crippen LogP contribution in [0.5, 0.6) is 0 Å². The van der Waals surface area contributed by atoms with Gasteiger partial charge in [0.2, 0.25) is 5.91 Å². The van der Waals surface area contributed by atoms with Crippen molar-refractivity contribution in [1.82, 2.24) is 5.32 Å². The fourth-order valence-electron chi connectivity index (χ4n) is 1.10. The van der Waals surface area contributed by atoms with Crippen molar-refractivity contribution in [2.75, 3.05) is 20.3 Å². The Morgan fingerprint density at radius 3 is 3.00 bits per heavy atom. The standard InChI is InChI=1S/C10H14ClNO3S/c1-15-5-4-10(14)12-6-7(13)8-2-3-9(11)16-8/h2-3,7,13H,4-6H2,1H3,(H,12,14)/t7-/m0/s1. The van der Waals surface area contributed by atoms with Gasteiger partial charge in [-0.05, 0) is 12.1 Å². The van der Waals surface area contributed by atoms with Crippen molar-refractivity contribution < 1.29 is 14.6 Å². The van der Waals surface area contributed by atoms with Gasteiger partial charge in [0.1, 0.15) is 6.10 Å². The molecule has 1 amide bonds. The third-order valence-corrected chi connectivity index (χ3v) is 3.28. The van der Waals surface area contributed by atoms with Gasteiger partial charge in [0, 0.05) is 25.0 Å². The van der Waals surface area contributed by atoms with Gasteiger partial charge in [-0.2, -0.15) is 0 Å². The molecule has 0 saturated heterocycles. The maximum atomic E-state index is 11.2. The summed E-state index contributed by atoms with van der Waals surface area (Å²) < 4.78 is 5.39. The summed E-state index contributed by atoms with van der Waals surface area (Å²) in [6, 6.07) is 3.47. The number of nitrogens with one attached hydrogen (secondary N) is 1. The number of rotatable bonds is 6. The van der Waals surface area contributed by atoms with Gasteiger partial charge in [-0.3, -0.25) is 4.79 Å². The SMILES string of the molecule is COCCC(=O)NC[C@H](O)c1ccc(Cl)s1. The second kappa shape index (κ2) is 6.85. The van der Waals surface area contributed by atoms with Crippen LogP contribution in [-0.2, 0) is 9.53 Å². The molecule has 90 valence electrons. The monoisotopic (exact) mass is 263 g/mol. The van der Waals surface area contributed by atoms with Crippen molar-refractivity contribution in [2.24, 2.45) is 0 Å². The highest BCUT2D eigenvalue weighted by Crippen LogP contribution is 2.26. The number of hydrogen-bond donors (Lipinski definition) is 2. The molecule has 0 fully saturated rings. The Balaban J connectivity index is 2.29. The van der Waals surface area contributed by atoms with Crippen LogP contribution in [0.4, 0.5) is 0 Å². The summed E-state index contributed by atoms with van der Waals surface area (Å²) in [6.07, 6.45) is -0.405. The van der Waals surface area contributed by atoms with Gasteiger partial charge in [-0.25, -0.2) is 0 Å². The van der Waals surface area contributed by atoms with Gasteiger partial charge >= 0.3 is 0 Å². The molecule has 1 aromatic heterocycles. The van der Waals surface area contributed by atoms with Crippen LogP contribution in [0, 0.1) is 0 Å². The number of methoxy groups -OCH3 is 1. The minimum absolute atomic E-state index is 0.136. The summed E-state index contributed by atoms with van der Waals surface area (Å²) in [5.41, 5.74) is 0. The number of hydrogen-bond acceptors (Lipinski definition) is 4. The second-order valence-corrected chi connectivity index (χ2v) is 4.95. The molecule has 6 heteroatoms. The summed E-state index contributed by atoms with van der Waals surface area (Å²) in [4.78, 5) is 12.0. The van der Waals surface area contributed by atoms with Gasteiger partial charge < -0.3 is 15.2 Å². The molecule has 0 radical (unpaired) electrons. The molecule has 0 aliphatic heterocycles. The maximum absolute atomic E-state index is 11.2. The normalized spacial score (nSPS) is 12.4. The molecule has 0 spiro atoms. The summed E-state index contributed by atoms with van der Waals surface area (Å²) in [6.45, 7) is 0.576. The van der Waals surface area contributed by atoms with Crippen molar-refractivity contribution in [2.45, 2.75) is 12.5 Å². The lowest BCUT2D eigenvalue weighted by atomic mass is 10.3. The van der Waals surface area contributed by atoms with E-state index in [1.165, 1.54) is 18.4 Å². The molecule has 0 saturated carbocycles. The molecule has 1 aromatic rings. The summed E-state index contributed by atoms with van der Waals surface area (Å²) >= 11 is 7.04. The number of thiophene rings is 1. The van der Waals surface area contributed by atoms with Crippen LogP contribution in [0.1, 0.15) is 17.4 Å². The number of amides is 1. The van der Waals surface area contributed by atoms with E-state index < -0.39 is 6.10 Å². The Morgan fingerprint density at radius 2 is 2.44 bits per heavy atom. The third-order valence-electron chi connectivity index (χ3n) is 1.95. The van der Waals surface area contributed by atoms with E-state index in [1.54, 1.807) is 12.1 Å². The Hall–Kier alpha value is -0.620. The quantitative estimate of drug-likeness (QED) is 0.819. The van der Waals surface area contributed by atoms with E-state index in [0.717, 1.165) is 4.88 Å². The Bertz CT molecular complexity index is 343. The number of carbonyl (C=O) groups is 1. The molecule has 1 rings (SSSR count).